The van der Waals surface area contributed by atoms with Crippen LogP contribution in [-0.2, 0) is 4.79 Å². The van der Waals surface area contributed by atoms with E-state index in [9.17, 15) is 25.1 Å². The summed E-state index contributed by atoms with van der Waals surface area (Å²) in [6.07, 6.45) is -1.35. The maximum absolute atomic E-state index is 11.7. The molecule has 1 aliphatic heterocycles. The zero-order valence-electron chi connectivity index (χ0n) is 13.4. The summed E-state index contributed by atoms with van der Waals surface area (Å²) in [5, 5.41) is 28.4. The van der Waals surface area contributed by atoms with Crippen molar-refractivity contribution in [3.05, 3.63) is 0 Å². The van der Waals surface area contributed by atoms with Crippen molar-refractivity contribution >= 4 is 12.1 Å². The van der Waals surface area contributed by atoms with E-state index < -0.39 is 35.5 Å². The molecule has 118 valence electrons. The molecule has 0 aromatic heterocycles. The third-order valence-corrected chi connectivity index (χ3v) is 4.27. The highest BCUT2D eigenvalue weighted by Crippen LogP contribution is 2.52. The summed E-state index contributed by atoms with van der Waals surface area (Å²) in [5.74, 6) is -1.97. The molecule has 0 radical (unpaired) electrons. The molecule has 0 spiro atoms. The number of hydrogen-bond donors (Lipinski definition) is 2. The van der Waals surface area contributed by atoms with Crippen molar-refractivity contribution < 1.29 is 19.8 Å². The Hall–Kier alpha value is -1.77. The van der Waals surface area contributed by atoms with E-state index in [0.717, 1.165) is 4.90 Å². The summed E-state index contributed by atoms with van der Waals surface area (Å²) in [6, 6.07) is -0.128. The molecule has 1 rings (SSSR count). The number of nitrogens with zero attached hydrogens (tertiary/aromatic N) is 2. The summed E-state index contributed by atoms with van der Waals surface area (Å²) in [7, 11) is 0. The van der Waals surface area contributed by atoms with Gasteiger partial charge >= 0.3 is 12.1 Å². The molecular formula is C15H24N2O4. The maximum atomic E-state index is 11.7. The molecule has 1 heterocycles. The predicted octanol–water partition coefficient (Wildman–Crippen LogP) is 2.65. The first kappa shape index (κ1) is 17.3. The fraction of sp³-hybridized carbons (Fsp3) is 0.800. The standard InChI is InChI=1S/C15H24N2O4/c1-14(2,3)9-8(7-16)17(13(20)21)11(12(18)19)10(9)15(4,5)6/h8-11H,1-6H3,(H,18,19)(H,20,21). The Morgan fingerprint density at radius 2 is 1.43 bits per heavy atom. The third-order valence-electron chi connectivity index (χ3n) is 4.27. The Morgan fingerprint density at radius 3 is 1.67 bits per heavy atom. The summed E-state index contributed by atoms with van der Waals surface area (Å²) in [5.41, 5.74) is -0.809. The lowest BCUT2D eigenvalue weighted by atomic mass is 9.62. The summed E-state index contributed by atoms with van der Waals surface area (Å²) in [6.45, 7) is 11.4. The average Bonchev–Trinajstić information content (AvgIpc) is 2.62. The lowest BCUT2D eigenvalue weighted by molar-refractivity contribution is -0.144. The van der Waals surface area contributed by atoms with Gasteiger partial charge in [0, 0.05) is 11.8 Å². The van der Waals surface area contributed by atoms with E-state index >= 15 is 0 Å². The molecule has 0 aromatic carbocycles. The quantitative estimate of drug-likeness (QED) is 0.774. The van der Waals surface area contributed by atoms with Gasteiger partial charge in [0.15, 0.2) is 0 Å². The number of nitriles is 1. The first-order chi connectivity index (χ1) is 9.34. The minimum Gasteiger partial charge on any atom is -0.480 e. The number of hydrogen-bond acceptors (Lipinski definition) is 3. The SMILES string of the molecule is CC(C)(C)C1C(C#N)N(C(=O)O)C(C(=O)O)C1C(C)(C)C. The Morgan fingerprint density at radius 1 is 1.00 bits per heavy atom. The molecule has 0 bridgehead atoms. The number of amides is 1. The van der Waals surface area contributed by atoms with Crippen LogP contribution < -0.4 is 0 Å². The molecule has 0 aromatic rings. The average molecular weight is 296 g/mol. The Bertz CT molecular complexity index is 481. The second-order valence-electron chi connectivity index (χ2n) is 7.83. The highest BCUT2D eigenvalue weighted by molar-refractivity contribution is 5.81. The first-order valence-corrected chi connectivity index (χ1v) is 6.97. The molecule has 0 aliphatic carbocycles. The highest BCUT2D eigenvalue weighted by Gasteiger charge is 2.60. The molecule has 1 saturated heterocycles. The van der Waals surface area contributed by atoms with Crippen molar-refractivity contribution in [3.8, 4) is 6.07 Å². The van der Waals surface area contributed by atoms with Crippen LogP contribution in [0.4, 0.5) is 4.79 Å². The minimum absolute atomic E-state index is 0.348. The van der Waals surface area contributed by atoms with Gasteiger partial charge in [-0.2, -0.15) is 5.26 Å². The molecule has 2 N–H and O–H groups in total. The van der Waals surface area contributed by atoms with Gasteiger partial charge in [0.25, 0.3) is 0 Å². The van der Waals surface area contributed by atoms with E-state index in [1.165, 1.54) is 0 Å². The van der Waals surface area contributed by atoms with E-state index in [1.54, 1.807) is 0 Å². The van der Waals surface area contributed by atoms with Gasteiger partial charge < -0.3 is 10.2 Å². The summed E-state index contributed by atoms with van der Waals surface area (Å²) in [4.78, 5) is 24.1. The molecule has 4 unspecified atom stereocenters. The third kappa shape index (κ3) is 2.97. The van der Waals surface area contributed by atoms with Gasteiger partial charge in [0.1, 0.15) is 12.1 Å². The number of carbonyl (C=O) groups is 2. The zero-order chi connectivity index (χ0) is 16.7. The lowest BCUT2D eigenvalue weighted by Crippen LogP contribution is -2.47. The van der Waals surface area contributed by atoms with Crippen LogP contribution in [0.15, 0.2) is 0 Å². The summed E-state index contributed by atoms with van der Waals surface area (Å²) < 4.78 is 0. The Labute approximate surface area is 125 Å². The molecule has 0 saturated carbocycles. The van der Waals surface area contributed by atoms with Crippen LogP contribution in [0.25, 0.3) is 0 Å². The van der Waals surface area contributed by atoms with Gasteiger partial charge in [-0.15, -0.1) is 0 Å². The van der Waals surface area contributed by atoms with Crippen molar-refractivity contribution in [2.24, 2.45) is 22.7 Å². The van der Waals surface area contributed by atoms with Crippen molar-refractivity contribution in [1.82, 2.24) is 4.90 Å². The number of aliphatic carboxylic acids is 1. The molecular weight excluding hydrogens is 272 g/mol. The predicted molar refractivity (Wildman–Crippen MR) is 76.6 cm³/mol. The van der Waals surface area contributed by atoms with Crippen LogP contribution in [0.5, 0.6) is 0 Å². The number of carboxylic acids is 1. The van der Waals surface area contributed by atoms with Gasteiger partial charge in [-0.3, -0.25) is 4.90 Å². The molecule has 6 nitrogen and oxygen atoms in total. The topological polar surface area (TPSA) is 102 Å². The van der Waals surface area contributed by atoms with Crippen LogP contribution in [0.1, 0.15) is 41.5 Å². The molecule has 1 fully saturated rings. The van der Waals surface area contributed by atoms with E-state index in [2.05, 4.69) is 0 Å². The molecule has 4 atom stereocenters. The number of likely N-dealkylation sites (tertiary alicyclic amines) is 1. The van der Waals surface area contributed by atoms with Crippen molar-refractivity contribution in [2.75, 3.05) is 0 Å². The van der Waals surface area contributed by atoms with Crippen LogP contribution in [0, 0.1) is 34.0 Å². The van der Waals surface area contributed by atoms with Gasteiger partial charge in [0.05, 0.1) is 6.07 Å². The maximum Gasteiger partial charge on any atom is 0.409 e. The van der Waals surface area contributed by atoms with Crippen LogP contribution >= 0.6 is 0 Å². The molecule has 6 heteroatoms. The molecule has 1 aliphatic rings. The fourth-order valence-electron chi connectivity index (χ4n) is 3.59. The van der Waals surface area contributed by atoms with E-state index in [1.807, 2.05) is 47.6 Å². The van der Waals surface area contributed by atoms with Crippen LogP contribution in [0.2, 0.25) is 0 Å². The van der Waals surface area contributed by atoms with Crippen molar-refractivity contribution in [2.45, 2.75) is 53.6 Å². The fourth-order valence-corrected chi connectivity index (χ4v) is 3.59. The monoisotopic (exact) mass is 296 g/mol. The second-order valence-corrected chi connectivity index (χ2v) is 7.83. The normalized spacial score (nSPS) is 30.0. The zero-order valence-corrected chi connectivity index (χ0v) is 13.4. The summed E-state index contributed by atoms with van der Waals surface area (Å²) >= 11 is 0. The number of rotatable bonds is 1. The second kappa shape index (κ2) is 5.21. The van der Waals surface area contributed by atoms with Crippen molar-refractivity contribution in [1.29, 1.82) is 5.26 Å². The van der Waals surface area contributed by atoms with Gasteiger partial charge in [-0.25, -0.2) is 9.59 Å². The molecule has 21 heavy (non-hydrogen) atoms. The van der Waals surface area contributed by atoms with Crippen LogP contribution in [-0.4, -0.2) is 39.3 Å². The van der Waals surface area contributed by atoms with Crippen molar-refractivity contribution in [3.63, 3.8) is 0 Å². The largest absolute Gasteiger partial charge is 0.480 e. The van der Waals surface area contributed by atoms with Gasteiger partial charge in [-0.05, 0) is 10.8 Å². The van der Waals surface area contributed by atoms with E-state index in [-0.39, 0.29) is 11.3 Å². The van der Waals surface area contributed by atoms with E-state index in [4.69, 9.17) is 0 Å². The first-order valence-electron chi connectivity index (χ1n) is 6.97. The highest BCUT2D eigenvalue weighted by atomic mass is 16.4. The van der Waals surface area contributed by atoms with Crippen LogP contribution in [0.3, 0.4) is 0 Å². The Kier molecular flexibility index (Phi) is 4.29. The smallest absolute Gasteiger partial charge is 0.409 e. The van der Waals surface area contributed by atoms with Gasteiger partial charge in [0.2, 0.25) is 0 Å². The lowest BCUT2D eigenvalue weighted by Gasteiger charge is -2.40. The Balaban J connectivity index is 3.57. The van der Waals surface area contributed by atoms with E-state index in [0.29, 0.717) is 0 Å². The minimum atomic E-state index is -1.35. The number of carboxylic acid groups (broad SMARTS) is 2. The molecule has 1 amide bonds. The van der Waals surface area contributed by atoms with Gasteiger partial charge in [-0.1, -0.05) is 41.5 Å².